The quantitative estimate of drug-likeness (QED) is 0.408. The van der Waals surface area contributed by atoms with E-state index < -0.39 is 23.5 Å². The van der Waals surface area contributed by atoms with Gasteiger partial charge in [-0.15, -0.1) is 10.2 Å². The average molecular weight is 518 g/mol. The molecule has 9 nitrogen and oxygen atoms in total. The van der Waals surface area contributed by atoms with Crippen molar-refractivity contribution in [1.29, 1.82) is 0 Å². The maximum absolute atomic E-state index is 12.6. The van der Waals surface area contributed by atoms with Crippen LogP contribution in [0, 0.1) is 0 Å². The zero-order chi connectivity index (χ0) is 25.7. The van der Waals surface area contributed by atoms with Gasteiger partial charge in [0.2, 0.25) is 11.7 Å². The Bertz CT molecular complexity index is 1470. The summed E-state index contributed by atoms with van der Waals surface area (Å²) in [6.07, 6.45) is -4.74. The number of tetrazole rings is 1. The molecule has 0 atom stereocenters. The van der Waals surface area contributed by atoms with Gasteiger partial charge in [-0.3, -0.25) is 9.59 Å². The van der Waals surface area contributed by atoms with E-state index in [4.69, 9.17) is 11.6 Å². The number of aryl methyl sites for hydroxylation is 1. The highest BCUT2D eigenvalue weighted by atomic mass is 35.5. The second kappa shape index (κ2) is 8.63. The van der Waals surface area contributed by atoms with Gasteiger partial charge in [0.05, 0.1) is 17.6 Å². The normalized spacial score (nSPS) is 14.6. The summed E-state index contributed by atoms with van der Waals surface area (Å²) in [5.41, 5.74) is 1.37. The number of carbonyl (C=O) groups is 2. The van der Waals surface area contributed by atoms with Crippen molar-refractivity contribution in [3.05, 3.63) is 59.1 Å². The largest absolute Gasteiger partial charge is 0.471 e. The molecule has 2 aromatic carbocycles. The Hall–Kier alpha value is -3.93. The average Bonchev–Trinajstić information content (AvgIpc) is 3.41. The molecule has 1 fully saturated rings. The van der Waals surface area contributed by atoms with Crippen LogP contribution in [0.3, 0.4) is 0 Å². The van der Waals surface area contributed by atoms with E-state index in [1.807, 2.05) is 41.0 Å². The number of fused-ring (bicyclic) bond motifs is 1. The highest BCUT2D eigenvalue weighted by molar-refractivity contribution is 6.38. The zero-order valence-electron chi connectivity index (χ0n) is 18.8. The van der Waals surface area contributed by atoms with Gasteiger partial charge < -0.3 is 15.2 Å². The van der Waals surface area contributed by atoms with Crippen molar-refractivity contribution < 1.29 is 22.8 Å². The summed E-state index contributed by atoms with van der Waals surface area (Å²) in [7, 11) is 1.65. The van der Waals surface area contributed by atoms with Crippen LogP contribution in [0.15, 0.2) is 48.5 Å². The van der Waals surface area contributed by atoms with E-state index >= 15 is 0 Å². The minimum Gasteiger partial charge on any atom is -0.350 e. The molecule has 186 valence electrons. The van der Waals surface area contributed by atoms with E-state index in [0.717, 1.165) is 16.6 Å². The number of amides is 2. The van der Waals surface area contributed by atoms with E-state index in [1.165, 1.54) is 4.80 Å². The molecule has 0 spiro atoms. The summed E-state index contributed by atoms with van der Waals surface area (Å²) < 4.78 is 39.6. The first-order chi connectivity index (χ1) is 17.1. The molecule has 2 amide bonds. The fourth-order valence-corrected chi connectivity index (χ4v) is 4.31. The zero-order valence-corrected chi connectivity index (χ0v) is 19.6. The predicted molar refractivity (Wildman–Crippen MR) is 124 cm³/mol. The van der Waals surface area contributed by atoms with Crippen molar-refractivity contribution in [2.75, 3.05) is 0 Å². The van der Waals surface area contributed by atoms with E-state index in [0.29, 0.717) is 22.1 Å². The SMILES string of the molecule is Cn1nnc(-c2c(Cl)c3ccccc3n2-c2ccc(CNC(=O)C3(NC(=O)C(F)(F)F)CC3)cc2)n1. The molecule has 36 heavy (non-hydrogen) atoms. The van der Waals surface area contributed by atoms with Crippen LogP contribution in [-0.2, 0) is 23.2 Å². The van der Waals surface area contributed by atoms with Crippen molar-refractivity contribution in [2.45, 2.75) is 31.1 Å². The van der Waals surface area contributed by atoms with Gasteiger partial charge in [-0.2, -0.15) is 18.0 Å². The second-order valence-electron chi connectivity index (χ2n) is 8.50. The molecular weight excluding hydrogens is 499 g/mol. The molecule has 0 saturated heterocycles. The van der Waals surface area contributed by atoms with Gasteiger partial charge in [-0.25, -0.2) is 0 Å². The number of benzene rings is 2. The molecule has 1 aliphatic rings. The highest BCUT2D eigenvalue weighted by Crippen LogP contribution is 2.39. The van der Waals surface area contributed by atoms with Gasteiger partial charge in [0.25, 0.3) is 0 Å². The second-order valence-corrected chi connectivity index (χ2v) is 8.88. The molecule has 5 rings (SSSR count). The number of carbonyl (C=O) groups excluding carboxylic acids is 2. The smallest absolute Gasteiger partial charge is 0.350 e. The number of hydrogen-bond acceptors (Lipinski definition) is 5. The lowest BCUT2D eigenvalue weighted by Gasteiger charge is -2.18. The number of nitrogens with zero attached hydrogens (tertiary/aromatic N) is 5. The predicted octanol–water partition coefficient (Wildman–Crippen LogP) is 3.30. The number of nitrogens with one attached hydrogen (secondary N) is 2. The third-order valence-electron chi connectivity index (χ3n) is 5.98. The molecular formula is C23H19ClF3N7O2. The van der Waals surface area contributed by atoms with Gasteiger partial charge in [-0.1, -0.05) is 41.9 Å². The third kappa shape index (κ3) is 4.28. The van der Waals surface area contributed by atoms with Crippen LogP contribution in [0.25, 0.3) is 28.1 Å². The van der Waals surface area contributed by atoms with Crippen molar-refractivity contribution in [2.24, 2.45) is 7.05 Å². The number of halogens is 4. The Balaban J connectivity index is 1.37. The van der Waals surface area contributed by atoms with E-state index in [2.05, 4.69) is 20.7 Å². The topological polar surface area (TPSA) is 107 Å². The van der Waals surface area contributed by atoms with E-state index in [1.54, 1.807) is 24.5 Å². The minimum absolute atomic E-state index is 0.0779. The molecule has 2 heterocycles. The van der Waals surface area contributed by atoms with Crippen LogP contribution in [0.2, 0.25) is 5.02 Å². The number of aromatic nitrogens is 5. The Kier molecular flexibility index (Phi) is 5.70. The number of para-hydroxylation sites is 1. The van der Waals surface area contributed by atoms with Crippen LogP contribution in [-0.4, -0.2) is 48.3 Å². The summed E-state index contributed by atoms with van der Waals surface area (Å²) in [6, 6.07) is 14.8. The van der Waals surface area contributed by atoms with Gasteiger partial charge in [-0.05, 0) is 41.8 Å². The monoisotopic (exact) mass is 517 g/mol. The highest BCUT2D eigenvalue weighted by Gasteiger charge is 2.54. The molecule has 4 aromatic rings. The Morgan fingerprint density at radius 2 is 1.81 bits per heavy atom. The van der Waals surface area contributed by atoms with Gasteiger partial charge in [0.15, 0.2) is 0 Å². The maximum atomic E-state index is 12.6. The van der Waals surface area contributed by atoms with Crippen LogP contribution in [0.4, 0.5) is 13.2 Å². The summed E-state index contributed by atoms with van der Waals surface area (Å²) in [4.78, 5) is 25.1. The van der Waals surface area contributed by atoms with Crippen molar-refractivity contribution >= 4 is 34.3 Å². The van der Waals surface area contributed by atoms with Gasteiger partial charge in [0, 0.05) is 17.6 Å². The lowest BCUT2D eigenvalue weighted by Crippen LogP contribution is -2.52. The summed E-state index contributed by atoms with van der Waals surface area (Å²) >= 11 is 6.70. The van der Waals surface area contributed by atoms with E-state index in [9.17, 15) is 22.8 Å². The Morgan fingerprint density at radius 3 is 2.42 bits per heavy atom. The first kappa shape index (κ1) is 23.8. The minimum atomic E-state index is -5.04. The molecule has 0 aliphatic heterocycles. The molecule has 0 unspecified atom stereocenters. The fourth-order valence-electron chi connectivity index (χ4n) is 3.98. The van der Waals surface area contributed by atoms with Crippen molar-refractivity contribution in [3.63, 3.8) is 0 Å². The lowest BCUT2D eigenvalue weighted by molar-refractivity contribution is -0.175. The molecule has 1 saturated carbocycles. The van der Waals surface area contributed by atoms with Gasteiger partial charge >= 0.3 is 12.1 Å². The van der Waals surface area contributed by atoms with Crippen molar-refractivity contribution in [1.82, 2.24) is 35.4 Å². The van der Waals surface area contributed by atoms with E-state index in [-0.39, 0.29) is 19.4 Å². The van der Waals surface area contributed by atoms with Crippen LogP contribution in [0.1, 0.15) is 18.4 Å². The fraction of sp³-hybridized carbons (Fsp3) is 0.261. The number of alkyl halides is 3. The lowest BCUT2D eigenvalue weighted by atomic mass is 10.1. The van der Waals surface area contributed by atoms with Crippen LogP contribution < -0.4 is 10.6 Å². The summed E-state index contributed by atoms with van der Waals surface area (Å²) in [5.74, 6) is -2.42. The Labute approximate surface area is 207 Å². The number of rotatable bonds is 6. The summed E-state index contributed by atoms with van der Waals surface area (Å²) in [6.45, 7) is 0.0779. The number of hydrogen-bond donors (Lipinski definition) is 2. The first-order valence-electron chi connectivity index (χ1n) is 10.9. The summed E-state index contributed by atoms with van der Waals surface area (Å²) in [5, 5.41) is 18.0. The molecule has 2 N–H and O–H groups in total. The standard InChI is InChI=1S/C23H19ClF3N7O2/c1-33-31-19(30-32-33)18-17(24)15-4-2-3-5-16(15)34(18)14-8-6-13(7-9-14)12-28-20(35)22(10-11-22)29-21(36)23(25,26)27/h2-9H,10-12H2,1H3,(H,28,35)(H,29,36). The Morgan fingerprint density at radius 1 is 1.11 bits per heavy atom. The first-order valence-corrected chi connectivity index (χ1v) is 11.3. The van der Waals surface area contributed by atoms with Gasteiger partial charge in [0.1, 0.15) is 11.2 Å². The van der Waals surface area contributed by atoms with Crippen LogP contribution in [0.5, 0.6) is 0 Å². The molecule has 0 radical (unpaired) electrons. The molecule has 13 heteroatoms. The van der Waals surface area contributed by atoms with Crippen molar-refractivity contribution in [3.8, 4) is 17.2 Å². The third-order valence-corrected chi connectivity index (χ3v) is 6.36. The molecule has 2 aromatic heterocycles. The molecule has 0 bridgehead atoms. The molecule has 1 aliphatic carbocycles. The maximum Gasteiger partial charge on any atom is 0.471 e. The van der Waals surface area contributed by atoms with Crippen LogP contribution >= 0.6 is 11.6 Å².